The predicted octanol–water partition coefficient (Wildman–Crippen LogP) is 3.80. The van der Waals surface area contributed by atoms with Crippen molar-refractivity contribution in [3.8, 4) is 0 Å². The van der Waals surface area contributed by atoms with Crippen LogP contribution in [0.4, 0.5) is 5.69 Å². The van der Waals surface area contributed by atoms with Crippen LogP contribution in [0.2, 0.25) is 0 Å². The summed E-state index contributed by atoms with van der Waals surface area (Å²) in [5.74, 6) is 0. The molecule has 2 nitrogen and oxygen atoms in total. The summed E-state index contributed by atoms with van der Waals surface area (Å²) in [6.45, 7) is 8.24. The first-order valence-electron chi connectivity index (χ1n) is 5.82. The van der Waals surface area contributed by atoms with Crippen molar-refractivity contribution in [1.29, 1.82) is 0 Å². The molecule has 0 bridgehead atoms. The molecule has 4 heteroatoms. The van der Waals surface area contributed by atoms with Gasteiger partial charge in [0.2, 0.25) is 5.16 Å². The minimum atomic E-state index is 0.351. The molecule has 1 aliphatic heterocycles. The van der Waals surface area contributed by atoms with Crippen LogP contribution < -0.4 is 4.48 Å². The molecule has 2 rings (SSSR count). The fraction of sp³-hybridized carbons (Fsp3) is 0.538. The van der Waals surface area contributed by atoms with E-state index in [2.05, 4.69) is 32.2 Å². The van der Waals surface area contributed by atoms with Crippen molar-refractivity contribution < 1.29 is 4.74 Å². The van der Waals surface area contributed by atoms with Crippen molar-refractivity contribution in [2.24, 2.45) is 0 Å². The van der Waals surface area contributed by atoms with Gasteiger partial charge in [0.25, 0.3) is 0 Å². The van der Waals surface area contributed by atoms with E-state index >= 15 is 0 Å². The molecule has 0 aliphatic carbocycles. The number of rotatable bonds is 4. The van der Waals surface area contributed by atoms with E-state index in [0.717, 1.165) is 22.8 Å². The Morgan fingerprint density at radius 1 is 1.53 bits per heavy atom. The third-order valence-electron chi connectivity index (χ3n) is 3.61. The molecule has 2 atom stereocenters. The highest BCUT2D eigenvalue weighted by atomic mass is 35.5. The third kappa shape index (κ3) is 1.85. The Kier molecular flexibility index (Phi) is 3.64. The van der Waals surface area contributed by atoms with Gasteiger partial charge in [-0.3, -0.25) is 0 Å². The fourth-order valence-electron chi connectivity index (χ4n) is 2.70. The zero-order chi connectivity index (χ0) is 12.6. The van der Waals surface area contributed by atoms with Crippen molar-refractivity contribution >= 4 is 28.6 Å². The number of aryl methyl sites for hydroxylation is 2. The Morgan fingerprint density at radius 3 is 2.59 bits per heavy atom. The van der Waals surface area contributed by atoms with Crippen LogP contribution >= 0.6 is 22.9 Å². The van der Waals surface area contributed by atoms with Crippen molar-refractivity contribution in [3.05, 3.63) is 27.1 Å². The number of quaternary nitrogens is 1. The summed E-state index contributed by atoms with van der Waals surface area (Å²) < 4.78 is 6.07. The van der Waals surface area contributed by atoms with E-state index in [1.54, 1.807) is 18.4 Å². The highest BCUT2D eigenvalue weighted by Crippen LogP contribution is 2.45. The molecule has 2 heterocycles. The second-order valence-electron chi connectivity index (χ2n) is 4.71. The van der Waals surface area contributed by atoms with Crippen molar-refractivity contribution in [1.82, 2.24) is 4.48 Å². The fourth-order valence-corrected chi connectivity index (χ4v) is 3.99. The number of ether oxygens (including phenoxy) is 1. The van der Waals surface area contributed by atoms with Gasteiger partial charge in [-0.1, -0.05) is 0 Å². The second kappa shape index (κ2) is 4.73. The van der Waals surface area contributed by atoms with E-state index in [1.807, 2.05) is 0 Å². The molecule has 94 valence electrons. The van der Waals surface area contributed by atoms with Crippen LogP contribution in [-0.2, 0) is 4.74 Å². The van der Waals surface area contributed by atoms with Crippen LogP contribution in [0.25, 0.3) is 0 Å². The number of hydrogen-bond donors (Lipinski definition) is 0. The normalized spacial score (nSPS) is 25.4. The maximum Gasteiger partial charge on any atom is 0.208 e. The highest BCUT2D eigenvalue weighted by Gasteiger charge is 2.47. The Bertz CT molecular complexity index is 435. The Morgan fingerprint density at radius 2 is 2.24 bits per heavy atom. The zero-order valence-electron chi connectivity index (χ0n) is 10.8. The Labute approximate surface area is 112 Å². The van der Waals surface area contributed by atoms with Gasteiger partial charge in [0.1, 0.15) is 12.6 Å². The van der Waals surface area contributed by atoms with Crippen LogP contribution in [0.3, 0.4) is 0 Å². The molecule has 0 spiro atoms. The van der Waals surface area contributed by atoms with Crippen LogP contribution in [0.15, 0.2) is 16.6 Å². The zero-order valence-corrected chi connectivity index (χ0v) is 12.4. The predicted molar refractivity (Wildman–Crippen MR) is 75.7 cm³/mol. The van der Waals surface area contributed by atoms with Crippen molar-refractivity contribution in [3.63, 3.8) is 0 Å². The van der Waals surface area contributed by atoms with Gasteiger partial charge >= 0.3 is 0 Å². The summed E-state index contributed by atoms with van der Waals surface area (Å²) >= 11 is 8.22. The molecule has 0 N–H and O–H groups in total. The molecule has 1 aromatic rings. The van der Waals surface area contributed by atoms with Crippen molar-refractivity contribution in [2.45, 2.75) is 26.8 Å². The third-order valence-corrected chi connectivity index (χ3v) is 5.08. The van der Waals surface area contributed by atoms with E-state index in [9.17, 15) is 0 Å². The standard InChI is InChI=1S/C13H19ClNOS/c1-9-8-17-11(3)13(9)15(6-5-12(15)14)10(2)7-16-4/h5,8,10H,6-7H2,1-4H3/q+1/t10?,15-/m1/s1. The van der Waals surface area contributed by atoms with Gasteiger partial charge in [-0.25, -0.2) is 4.48 Å². The maximum absolute atomic E-state index is 6.42. The second-order valence-corrected chi connectivity index (χ2v) is 6.18. The summed E-state index contributed by atoms with van der Waals surface area (Å²) in [6, 6.07) is 0.351. The smallest absolute Gasteiger partial charge is 0.208 e. The minimum absolute atomic E-state index is 0.351. The number of methoxy groups -OCH3 is 1. The average Bonchev–Trinajstić information content (AvgIpc) is 2.60. The van der Waals surface area contributed by atoms with Crippen LogP contribution in [0.5, 0.6) is 0 Å². The number of halogens is 1. The lowest BCUT2D eigenvalue weighted by molar-refractivity contribution is 0.122. The van der Waals surface area contributed by atoms with Crippen LogP contribution in [0, 0.1) is 13.8 Å². The van der Waals surface area contributed by atoms with E-state index in [4.69, 9.17) is 16.3 Å². The Balaban J connectivity index is 2.47. The van der Waals surface area contributed by atoms with Gasteiger partial charge in [0.05, 0.1) is 11.5 Å². The lowest BCUT2D eigenvalue weighted by atomic mass is 10.1. The maximum atomic E-state index is 6.42. The minimum Gasteiger partial charge on any atom is -0.378 e. The topological polar surface area (TPSA) is 9.23 Å². The highest BCUT2D eigenvalue weighted by molar-refractivity contribution is 7.10. The molecule has 0 saturated heterocycles. The van der Waals surface area contributed by atoms with Gasteiger partial charge in [0.15, 0.2) is 5.69 Å². The summed E-state index contributed by atoms with van der Waals surface area (Å²) in [7, 11) is 1.75. The molecule has 0 saturated carbocycles. The molecule has 0 amide bonds. The lowest BCUT2D eigenvalue weighted by Gasteiger charge is -2.46. The first-order valence-corrected chi connectivity index (χ1v) is 7.08. The molecular weight excluding hydrogens is 254 g/mol. The molecule has 1 aliphatic rings. The summed E-state index contributed by atoms with van der Waals surface area (Å²) in [5.41, 5.74) is 2.70. The largest absolute Gasteiger partial charge is 0.378 e. The number of thiophene rings is 1. The molecule has 0 fully saturated rings. The van der Waals surface area contributed by atoms with E-state index < -0.39 is 0 Å². The van der Waals surface area contributed by atoms with Crippen LogP contribution in [0.1, 0.15) is 17.4 Å². The van der Waals surface area contributed by atoms with E-state index in [-0.39, 0.29) is 0 Å². The summed E-state index contributed by atoms with van der Waals surface area (Å²) in [5, 5.41) is 3.14. The molecule has 0 radical (unpaired) electrons. The van der Waals surface area contributed by atoms with Gasteiger partial charge in [-0.2, -0.15) is 0 Å². The first-order chi connectivity index (χ1) is 8.04. The molecular formula is C13H19ClNOS+. The summed E-state index contributed by atoms with van der Waals surface area (Å²) in [6.07, 6.45) is 2.10. The Hall–Kier alpha value is -0.350. The SMILES string of the molecule is COCC(C)[N@+]1(c2c(C)csc2C)CC=C1Cl. The van der Waals surface area contributed by atoms with Crippen LogP contribution in [-0.4, -0.2) is 26.3 Å². The lowest BCUT2D eigenvalue weighted by Crippen LogP contribution is -2.60. The van der Waals surface area contributed by atoms with E-state index in [0.29, 0.717) is 6.04 Å². The quantitative estimate of drug-likeness (QED) is 0.598. The summed E-state index contributed by atoms with van der Waals surface area (Å²) in [4.78, 5) is 1.36. The van der Waals surface area contributed by atoms with Gasteiger partial charge in [0, 0.05) is 24.1 Å². The van der Waals surface area contributed by atoms with E-state index in [1.165, 1.54) is 16.1 Å². The molecule has 1 aromatic heterocycles. The van der Waals surface area contributed by atoms with Crippen molar-refractivity contribution in [2.75, 3.05) is 20.3 Å². The van der Waals surface area contributed by atoms with Gasteiger partial charge in [-0.15, -0.1) is 11.3 Å². The molecule has 17 heavy (non-hydrogen) atoms. The first kappa shape index (κ1) is 13.1. The monoisotopic (exact) mass is 272 g/mol. The number of nitrogens with zero attached hydrogens (tertiary/aromatic N) is 1. The van der Waals surface area contributed by atoms with Gasteiger partial charge in [-0.05, 0) is 32.4 Å². The molecule has 0 aromatic carbocycles. The molecule has 1 unspecified atom stereocenters. The average molecular weight is 273 g/mol. The van der Waals surface area contributed by atoms with Gasteiger partial charge < -0.3 is 4.74 Å². The number of hydrogen-bond acceptors (Lipinski definition) is 2.